The fraction of sp³-hybridized carbons (Fsp3) is 1.00. The van der Waals surface area contributed by atoms with Crippen molar-refractivity contribution in [3.05, 3.63) is 0 Å². The summed E-state index contributed by atoms with van der Waals surface area (Å²) in [6, 6.07) is 0. The molecule has 1 heterocycles. The van der Waals surface area contributed by atoms with E-state index in [1.807, 2.05) is 0 Å². The van der Waals surface area contributed by atoms with Crippen LogP contribution in [-0.2, 0) is 4.74 Å². The number of hydrogen-bond donors (Lipinski definition) is 1. The Balaban J connectivity index is 0.000000845. The van der Waals surface area contributed by atoms with Gasteiger partial charge in [-0.05, 0) is 12.3 Å². The summed E-state index contributed by atoms with van der Waals surface area (Å²) in [5, 5.41) is 3.38. The Morgan fingerprint density at radius 3 is 2.62 bits per heavy atom. The molecular formula is C10H20ClNO. The molecule has 1 saturated heterocycles. The van der Waals surface area contributed by atoms with Crippen LogP contribution in [0.5, 0.6) is 0 Å². The van der Waals surface area contributed by atoms with Gasteiger partial charge in [-0.25, -0.2) is 0 Å². The van der Waals surface area contributed by atoms with Crippen molar-refractivity contribution in [2.75, 3.05) is 19.7 Å². The van der Waals surface area contributed by atoms with Crippen LogP contribution in [0.4, 0.5) is 0 Å². The molecule has 0 spiro atoms. The summed E-state index contributed by atoms with van der Waals surface area (Å²) in [5.74, 6) is 0.967. The van der Waals surface area contributed by atoms with E-state index in [-0.39, 0.29) is 12.4 Å². The Kier molecular flexibility index (Phi) is 5.07. The first-order chi connectivity index (χ1) is 5.95. The van der Waals surface area contributed by atoms with Gasteiger partial charge in [0, 0.05) is 13.1 Å². The van der Waals surface area contributed by atoms with Gasteiger partial charge in [0.15, 0.2) is 0 Å². The standard InChI is InChI=1S/C10H19NO.ClH/c1-2-4-9(3-1)7-10-8-11-5-6-12-10;/h9-11H,1-8H2;1H. The minimum atomic E-state index is 0. The van der Waals surface area contributed by atoms with Crippen LogP contribution >= 0.6 is 12.4 Å². The third-order valence-electron chi connectivity index (χ3n) is 3.08. The van der Waals surface area contributed by atoms with E-state index in [4.69, 9.17) is 4.74 Å². The largest absolute Gasteiger partial charge is 0.376 e. The van der Waals surface area contributed by atoms with Gasteiger partial charge in [-0.2, -0.15) is 0 Å². The van der Waals surface area contributed by atoms with Crippen molar-refractivity contribution < 1.29 is 4.74 Å². The first-order valence-electron chi connectivity index (χ1n) is 5.27. The lowest BCUT2D eigenvalue weighted by molar-refractivity contribution is 0.0140. The molecule has 0 bridgehead atoms. The van der Waals surface area contributed by atoms with E-state index in [0.29, 0.717) is 6.10 Å². The van der Waals surface area contributed by atoms with Crippen molar-refractivity contribution in [2.45, 2.75) is 38.2 Å². The van der Waals surface area contributed by atoms with Gasteiger partial charge >= 0.3 is 0 Å². The first-order valence-corrected chi connectivity index (χ1v) is 5.27. The van der Waals surface area contributed by atoms with Gasteiger partial charge < -0.3 is 10.1 Å². The zero-order chi connectivity index (χ0) is 8.23. The lowest BCUT2D eigenvalue weighted by Gasteiger charge is -2.25. The second kappa shape index (κ2) is 5.84. The van der Waals surface area contributed by atoms with Crippen LogP contribution in [0.3, 0.4) is 0 Å². The Labute approximate surface area is 86.8 Å². The highest BCUT2D eigenvalue weighted by Crippen LogP contribution is 2.29. The zero-order valence-electron chi connectivity index (χ0n) is 8.13. The SMILES string of the molecule is C1CCC(CC2CNCCO2)C1.Cl. The molecule has 3 heteroatoms. The van der Waals surface area contributed by atoms with Gasteiger partial charge in [0.05, 0.1) is 12.7 Å². The fourth-order valence-electron chi connectivity index (χ4n) is 2.39. The second-order valence-corrected chi connectivity index (χ2v) is 4.08. The van der Waals surface area contributed by atoms with Crippen molar-refractivity contribution in [1.82, 2.24) is 5.32 Å². The summed E-state index contributed by atoms with van der Waals surface area (Å²) in [6.07, 6.45) is 7.60. The molecule has 0 aromatic carbocycles. The molecule has 1 N–H and O–H groups in total. The molecule has 1 unspecified atom stereocenters. The quantitative estimate of drug-likeness (QED) is 0.745. The molecule has 1 saturated carbocycles. The minimum absolute atomic E-state index is 0. The third kappa shape index (κ3) is 3.45. The molecule has 2 fully saturated rings. The van der Waals surface area contributed by atoms with Crippen LogP contribution in [0.1, 0.15) is 32.1 Å². The van der Waals surface area contributed by atoms with Crippen molar-refractivity contribution in [1.29, 1.82) is 0 Å². The Morgan fingerprint density at radius 1 is 1.23 bits per heavy atom. The lowest BCUT2D eigenvalue weighted by atomic mass is 9.99. The summed E-state index contributed by atoms with van der Waals surface area (Å²) in [4.78, 5) is 0. The molecule has 78 valence electrons. The predicted octanol–water partition coefficient (Wildman–Crippen LogP) is 1.98. The highest BCUT2D eigenvalue weighted by molar-refractivity contribution is 5.85. The maximum Gasteiger partial charge on any atom is 0.0702 e. The van der Waals surface area contributed by atoms with Crippen molar-refractivity contribution in [3.8, 4) is 0 Å². The molecule has 0 radical (unpaired) electrons. The molecule has 2 aliphatic rings. The number of halogens is 1. The van der Waals surface area contributed by atoms with E-state index in [1.165, 1.54) is 32.1 Å². The van der Waals surface area contributed by atoms with Gasteiger partial charge in [0.1, 0.15) is 0 Å². The number of nitrogens with one attached hydrogen (secondary N) is 1. The van der Waals surface area contributed by atoms with E-state index < -0.39 is 0 Å². The highest BCUT2D eigenvalue weighted by atomic mass is 35.5. The molecule has 1 atom stereocenters. The van der Waals surface area contributed by atoms with E-state index in [0.717, 1.165) is 25.6 Å². The molecule has 0 aromatic rings. The van der Waals surface area contributed by atoms with E-state index >= 15 is 0 Å². The molecule has 1 aliphatic carbocycles. The molecule has 2 nitrogen and oxygen atoms in total. The average molecular weight is 206 g/mol. The lowest BCUT2D eigenvalue weighted by Crippen LogP contribution is -2.39. The molecule has 1 aliphatic heterocycles. The normalized spacial score (nSPS) is 30.0. The van der Waals surface area contributed by atoms with E-state index in [2.05, 4.69) is 5.32 Å². The Morgan fingerprint density at radius 2 is 2.00 bits per heavy atom. The maximum absolute atomic E-state index is 5.68. The molecular weight excluding hydrogens is 186 g/mol. The van der Waals surface area contributed by atoms with Crippen LogP contribution < -0.4 is 5.32 Å². The van der Waals surface area contributed by atoms with Gasteiger partial charge in [0.2, 0.25) is 0 Å². The summed E-state index contributed by atoms with van der Waals surface area (Å²) in [6.45, 7) is 3.04. The van der Waals surface area contributed by atoms with Crippen molar-refractivity contribution in [3.63, 3.8) is 0 Å². The Hall–Kier alpha value is 0.210. The topological polar surface area (TPSA) is 21.3 Å². The van der Waals surface area contributed by atoms with Crippen LogP contribution in [0.15, 0.2) is 0 Å². The maximum atomic E-state index is 5.68. The molecule has 13 heavy (non-hydrogen) atoms. The van der Waals surface area contributed by atoms with Gasteiger partial charge in [-0.15, -0.1) is 12.4 Å². The highest BCUT2D eigenvalue weighted by Gasteiger charge is 2.21. The fourth-order valence-corrected chi connectivity index (χ4v) is 2.39. The molecule has 0 amide bonds. The van der Waals surface area contributed by atoms with E-state index in [9.17, 15) is 0 Å². The Bertz CT molecular complexity index is 131. The first kappa shape index (κ1) is 11.3. The van der Waals surface area contributed by atoms with Crippen molar-refractivity contribution >= 4 is 12.4 Å². The van der Waals surface area contributed by atoms with Gasteiger partial charge in [-0.1, -0.05) is 25.7 Å². The second-order valence-electron chi connectivity index (χ2n) is 4.08. The van der Waals surface area contributed by atoms with Gasteiger partial charge in [0.25, 0.3) is 0 Å². The number of ether oxygens (including phenoxy) is 1. The van der Waals surface area contributed by atoms with Crippen LogP contribution in [0.2, 0.25) is 0 Å². The van der Waals surface area contributed by atoms with E-state index in [1.54, 1.807) is 0 Å². The van der Waals surface area contributed by atoms with Crippen LogP contribution in [0.25, 0.3) is 0 Å². The number of morpholine rings is 1. The van der Waals surface area contributed by atoms with Crippen molar-refractivity contribution in [2.24, 2.45) is 5.92 Å². The summed E-state index contributed by atoms with van der Waals surface area (Å²) < 4.78 is 5.68. The third-order valence-corrected chi connectivity index (χ3v) is 3.08. The predicted molar refractivity (Wildman–Crippen MR) is 56.4 cm³/mol. The molecule has 0 aromatic heterocycles. The monoisotopic (exact) mass is 205 g/mol. The summed E-state index contributed by atoms with van der Waals surface area (Å²) >= 11 is 0. The average Bonchev–Trinajstić information content (AvgIpc) is 2.59. The molecule has 2 rings (SSSR count). The van der Waals surface area contributed by atoms with Crippen LogP contribution in [0, 0.1) is 5.92 Å². The minimum Gasteiger partial charge on any atom is -0.376 e. The number of hydrogen-bond acceptors (Lipinski definition) is 2. The number of rotatable bonds is 2. The smallest absolute Gasteiger partial charge is 0.0702 e. The zero-order valence-corrected chi connectivity index (χ0v) is 8.94. The summed E-state index contributed by atoms with van der Waals surface area (Å²) in [7, 11) is 0. The van der Waals surface area contributed by atoms with Gasteiger partial charge in [-0.3, -0.25) is 0 Å². The summed E-state index contributed by atoms with van der Waals surface area (Å²) in [5.41, 5.74) is 0. The van der Waals surface area contributed by atoms with Crippen LogP contribution in [-0.4, -0.2) is 25.8 Å².